The lowest BCUT2D eigenvalue weighted by molar-refractivity contribution is -0.196. The quantitative estimate of drug-likeness (QED) is 0.251. The van der Waals surface area contributed by atoms with Crippen LogP contribution in [0.3, 0.4) is 0 Å². The van der Waals surface area contributed by atoms with Crippen LogP contribution in [0.4, 0.5) is 0 Å². The smallest absolute Gasteiger partial charge is 0.338 e. The maximum atomic E-state index is 13.4. The van der Waals surface area contributed by atoms with Crippen LogP contribution in [0.15, 0.2) is 41.5 Å². The number of hydrogen-bond acceptors (Lipinski definition) is 4. The largest absolute Gasteiger partial charge is 0.456 e. The van der Waals surface area contributed by atoms with E-state index in [1.54, 1.807) is 0 Å². The summed E-state index contributed by atoms with van der Waals surface area (Å²) in [5.41, 5.74) is 4.74. The van der Waals surface area contributed by atoms with Crippen molar-refractivity contribution in [2.24, 2.45) is 50.7 Å². The van der Waals surface area contributed by atoms with Crippen LogP contribution in [0.25, 0.3) is 5.57 Å². The van der Waals surface area contributed by atoms with E-state index in [-0.39, 0.29) is 39.3 Å². The van der Waals surface area contributed by atoms with Crippen molar-refractivity contribution in [2.45, 2.75) is 126 Å². The summed E-state index contributed by atoms with van der Waals surface area (Å²) < 4.78 is 5.61. The first-order valence-corrected chi connectivity index (χ1v) is 17.6. The van der Waals surface area contributed by atoms with Gasteiger partial charge in [-0.25, -0.2) is 4.79 Å². The molecule has 0 N–H and O–H groups in total. The maximum absolute atomic E-state index is 13.4. The molecule has 4 heteroatoms. The fourth-order valence-electron chi connectivity index (χ4n) is 12.0. The van der Waals surface area contributed by atoms with Crippen molar-refractivity contribution >= 4 is 23.6 Å². The van der Waals surface area contributed by atoms with Gasteiger partial charge in [0.25, 0.3) is 0 Å². The van der Waals surface area contributed by atoms with Crippen LogP contribution in [-0.4, -0.2) is 23.6 Å². The van der Waals surface area contributed by atoms with Gasteiger partial charge in [-0.05, 0) is 145 Å². The van der Waals surface area contributed by atoms with Gasteiger partial charge in [-0.1, -0.05) is 66.7 Å². The minimum absolute atomic E-state index is 0.00995. The normalized spacial score (nSPS) is 39.0. The molecule has 0 saturated heterocycles. The Balaban J connectivity index is 1.34. The van der Waals surface area contributed by atoms with Gasteiger partial charge in [-0.3, -0.25) is 4.79 Å². The molecule has 5 aliphatic carbocycles. The van der Waals surface area contributed by atoms with Gasteiger partial charge in [0.15, 0.2) is 5.78 Å². The Morgan fingerprint density at radius 3 is 2.18 bits per heavy atom. The number of aldehydes is 1. The molecule has 7 atom stereocenters. The molecule has 3 saturated carbocycles. The molecule has 1 aromatic rings. The number of rotatable bonds is 4. The van der Waals surface area contributed by atoms with Crippen LogP contribution < -0.4 is 0 Å². The van der Waals surface area contributed by atoms with Crippen molar-refractivity contribution in [1.82, 2.24) is 0 Å². The molecule has 0 radical (unpaired) electrons. The molecule has 3 fully saturated rings. The van der Waals surface area contributed by atoms with E-state index < -0.39 is 11.0 Å². The molecule has 6 rings (SSSR count). The lowest BCUT2D eigenvalue weighted by Gasteiger charge is -2.71. The molecule has 4 nitrogen and oxygen atoms in total. The first-order valence-electron chi connectivity index (χ1n) is 17.6. The number of esters is 1. The van der Waals surface area contributed by atoms with Crippen LogP contribution in [-0.2, 0) is 14.3 Å². The Morgan fingerprint density at radius 1 is 0.911 bits per heavy atom. The minimum atomic E-state index is -0.561. The predicted octanol–water partition coefficient (Wildman–Crippen LogP) is 9.81. The van der Waals surface area contributed by atoms with E-state index >= 15 is 0 Å². The van der Waals surface area contributed by atoms with Gasteiger partial charge in [-0.15, -0.1) is 0 Å². The minimum Gasteiger partial charge on any atom is -0.456 e. The Morgan fingerprint density at radius 2 is 1.58 bits per heavy atom. The van der Waals surface area contributed by atoms with E-state index in [4.69, 9.17) is 4.74 Å². The van der Waals surface area contributed by atoms with Crippen molar-refractivity contribution < 1.29 is 19.1 Å². The van der Waals surface area contributed by atoms with E-state index in [0.717, 1.165) is 44.0 Å². The van der Waals surface area contributed by atoms with Crippen molar-refractivity contribution in [3.05, 3.63) is 52.6 Å². The molecule has 0 aliphatic heterocycles. The lowest BCUT2D eigenvalue weighted by Crippen LogP contribution is -2.64. The summed E-state index contributed by atoms with van der Waals surface area (Å²) in [5, 5.41) is 0. The number of ketones is 1. The van der Waals surface area contributed by atoms with E-state index in [1.807, 2.05) is 32.9 Å². The second-order valence-corrected chi connectivity index (χ2v) is 18.1. The van der Waals surface area contributed by atoms with Crippen molar-refractivity contribution in [3.8, 4) is 0 Å². The van der Waals surface area contributed by atoms with Gasteiger partial charge >= 0.3 is 5.97 Å². The number of carbonyl (C=O) groups excluding carboxylic acids is 3. The number of ether oxygens (including phenoxy) is 1. The third-order valence-electron chi connectivity index (χ3n) is 14.1. The van der Waals surface area contributed by atoms with Crippen molar-refractivity contribution in [2.75, 3.05) is 0 Å². The fourth-order valence-corrected chi connectivity index (χ4v) is 12.0. The van der Waals surface area contributed by atoms with Gasteiger partial charge in [-0.2, -0.15) is 0 Å². The van der Waals surface area contributed by atoms with Crippen LogP contribution in [0.5, 0.6) is 0 Å². The number of carbonyl (C=O) groups is 3. The van der Waals surface area contributed by atoms with Crippen LogP contribution in [0.1, 0.15) is 137 Å². The zero-order valence-electron chi connectivity index (χ0n) is 29.6. The molecule has 0 unspecified atom stereocenters. The molecule has 0 aromatic heterocycles. The number of hydrogen-bond donors (Lipinski definition) is 0. The van der Waals surface area contributed by atoms with Crippen molar-refractivity contribution in [1.29, 1.82) is 0 Å². The molecular weight excluding hydrogens is 556 g/mol. The summed E-state index contributed by atoms with van der Waals surface area (Å²) in [5.74, 6) is 1.56. The average Bonchev–Trinajstić information content (AvgIpc) is 3.25. The third-order valence-corrected chi connectivity index (χ3v) is 14.1. The predicted molar refractivity (Wildman–Crippen MR) is 180 cm³/mol. The zero-order valence-corrected chi connectivity index (χ0v) is 29.6. The molecule has 0 bridgehead atoms. The fraction of sp³-hybridized carbons (Fsp3) is 0.683. The zero-order chi connectivity index (χ0) is 33.0. The molecule has 0 spiro atoms. The third kappa shape index (κ3) is 4.54. The first-order chi connectivity index (χ1) is 20.8. The van der Waals surface area contributed by atoms with E-state index in [2.05, 4.69) is 66.7 Å². The van der Waals surface area contributed by atoms with E-state index in [1.165, 1.54) is 29.6 Å². The highest BCUT2D eigenvalue weighted by molar-refractivity contribution is 6.04. The number of benzene rings is 1. The van der Waals surface area contributed by atoms with Crippen LogP contribution in [0, 0.1) is 50.7 Å². The van der Waals surface area contributed by atoms with Gasteiger partial charge in [0.1, 0.15) is 11.9 Å². The topological polar surface area (TPSA) is 60.4 Å². The summed E-state index contributed by atoms with van der Waals surface area (Å²) in [6, 6.07) is 8.06. The summed E-state index contributed by atoms with van der Waals surface area (Å²) >= 11 is 0. The van der Waals surface area contributed by atoms with Crippen molar-refractivity contribution in [3.63, 3.8) is 0 Å². The maximum Gasteiger partial charge on any atom is 0.338 e. The Labute approximate surface area is 271 Å². The molecule has 1 aromatic carbocycles. The molecule has 5 aliphatic rings. The Kier molecular flexibility index (Phi) is 7.39. The number of allylic oxidation sites excluding steroid dienone is 4. The number of fused-ring (bicyclic) bond motifs is 7. The second kappa shape index (κ2) is 10.3. The molecule has 244 valence electrons. The van der Waals surface area contributed by atoms with E-state index in [9.17, 15) is 14.4 Å². The highest BCUT2D eigenvalue weighted by Gasteiger charge is 2.69. The monoisotopic (exact) mass is 612 g/mol. The highest BCUT2D eigenvalue weighted by Crippen LogP contribution is 2.76. The van der Waals surface area contributed by atoms with Gasteiger partial charge in [0.2, 0.25) is 0 Å². The highest BCUT2D eigenvalue weighted by atomic mass is 16.6. The van der Waals surface area contributed by atoms with Gasteiger partial charge in [0, 0.05) is 6.42 Å². The van der Waals surface area contributed by atoms with E-state index in [0.29, 0.717) is 29.7 Å². The van der Waals surface area contributed by atoms with Gasteiger partial charge in [0.05, 0.1) is 11.0 Å². The summed E-state index contributed by atoms with van der Waals surface area (Å²) in [4.78, 5) is 38.9. The lowest BCUT2D eigenvalue weighted by atomic mass is 9.33. The van der Waals surface area contributed by atoms with Crippen LogP contribution >= 0.6 is 0 Å². The Bertz CT molecular complexity index is 1480. The molecule has 45 heavy (non-hydrogen) atoms. The Hall–Kier alpha value is -2.49. The molecular formula is C41H56O4. The van der Waals surface area contributed by atoms with Crippen LogP contribution in [0.2, 0.25) is 0 Å². The molecule has 0 heterocycles. The molecule has 0 amide bonds. The average molecular weight is 613 g/mol. The summed E-state index contributed by atoms with van der Waals surface area (Å²) in [6.07, 6.45) is 11.6. The second-order valence-electron chi connectivity index (χ2n) is 18.1. The first kappa shape index (κ1) is 32.5. The number of Topliss-reactive ketones (excluding diaryl/α,β-unsaturated/α-hetero) is 1. The summed E-state index contributed by atoms with van der Waals surface area (Å²) in [6.45, 7) is 22.6. The SMILES string of the molecule is CC(C)C1=C2[C@H]3CC[C@@H]4[C@@]5(C)CC=C(c6ccc(C(=O)OC(C)(C)C)cc6)C(C)(C)[C@@H]5CC[C@@]4(C)[C@]3(C)CC[C@@]2(C=O)CC1=O. The standard InChI is InChI=1S/C41H56O4/c1-25(2)33-30(43)23-41(24-42)22-21-39(9)29(34(33)41)15-16-32-38(8)19-17-28(37(6,7)31(38)18-20-40(32,39)10)26-11-13-27(14-12-26)35(44)45-36(3,4)5/h11-14,17,24-25,29,31-32H,15-16,18-23H2,1-10H3/t29-,31+,32-,38+,39-,40-,41+/m1/s1. The summed E-state index contributed by atoms with van der Waals surface area (Å²) in [7, 11) is 0. The van der Waals surface area contributed by atoms with Gasteiger partial charge < -0.3 is 9.53 Å².